The summed E-state index contributed by atoms with van der Waals surface area (Å²) >= 11 is 0. The van der Waals surface area contributed by atoms with Gasteiger partial charge in [-0.1, -0.05) is 78.9 Å². The van der Waals surface area contributed by atoms with Gasteiger partial charge < -0.3 is 4.57 Å². The molecule has 25 heavy (non-hydrogen) atoms. The molecule has 4 aromatic carbocycles. The van der Waals surface area contributed by atoms with Crippen LogP contribution in [0.25, 0.3) is 38.6 Å². The topological polar surface area (TPSA) is 4.93 Å². The first-order chi connectivity index (χ1) is 12.4. The second-order valence-electron chi connectivity index (χ2n) is 6.32. The minimum Gasteiger partial charge on any atom is -0.309 e. The summed E-state index contributed by atoms with van der Waals surface area (Å²) in [7, 11) is 0. The molecule has 0 aliphatic rings. The molecule has 0 atom stereocenters. The molecule has 5 rings (SSSR count). The van der Waals surface area contributed by atoms with E-state index >= 15 is 0 Å². The lowest BCUT2D eigenvalue weighted by molar-refractivity contribution is 1.14. The third kappa shape index (κ3) is 2.33. The van der Waals surface area contributed by atoms with Crippen molar-refractivity contribution in [3.63, 3.8) is 0 Å². The summed E-state index contributed by atoms with van der Waals surface area (Å²) in [6, 6.07) is 36.6. The molecule has 1 nitrogen and oxygen atoms in total. The zero-order valence-corrected chi connectivity index (χ0v) is 13.8. The van der Waals surface area contributed by atoms with Gasteiger partial charge in [0.15, 0.2) is 0 Å². The maximum atomic E-state index is 2.36. The first-order valence-electron chi connectivity index (χ1n) is 8.55. The van der Waals surface area contributed by atoms with E-state index in [0.717, 1.165) is 0 Å². The Hall–Kier alpha value is -3.32. The zero-order chi connectivity index (χ0) is 16.6. The van der Waals surface area contributed by atoms with Crippen molar-refractivity contribution < 1.29 is 0 Å². The maximum absolute atomic E-state index is 2.36. The summed E-state index contributed by atoms with van der Waals surface area (Å²) in [5.41, 5.74) is 4.87. The highest BCUT2D eigenvalue weighted by Crippen LogP contribution is 2.32. The lowest BCUT2D eigenvalue weighted by atomic mass is 10.1. The van der Waals surface area contributed by atoms with E-state index in [1.54, 1.807) is 0 Å². The molecule has 0 radical (unpaired) electrons. The van der Waals surface area contributed by atoms with Gasteiger partial charge >= 0.3 is 0 Å². The maximum Gasteiger partial charge on any atom is 0.0540 e. The fourth-order valence-corrected chi connectivity index (χ4v) is 3.57. The number of fused-ring (bicyclic) bond motifs is 2. The molecular formula is C24H17N. The highest BCUT2D eigenvalue weighted by Gasteiger charge is 2.12. The molecule has 0 bridgehead atoms. The van der Waals surface area contributed by atoms with Crippen LogP contribution in [0.3, 0.4) is 0 Å². The van der Waals surface area contributed by atoms with Gasteiger partial charge in [0.1, 0.15) is 0 Å². The molecule has 5 aromatic rings. The van der Waals surface area contributed by atoms with Gasteiger partial charge in [0.2, 0.25) is 0 Å². The molecule has 0 amide bonds. The number of para-hydroxylation sites is 1. The van der Waals surface area contributed by atoms with Crippen LogP contribution >= 0.6 is 0 Å². The smallest absolute Gasteiger partial charge is 0.0540 e. The molecule has 0 saturated carbocycles. The summed E-state index contributed by atoms with van der Waals surface area (Å²) < 4.78 is 2.36. The molecule has 0 spiro atoms. The summed E-state index contributed by atoms with van der Waals surface area (Å²) in [5.74, 6) is 0. The van der Waals surface area contributed by atoms with Gasteiger partial charge in [0, 0.05) is 11.1 Å². The molecule has 1 aromatic heterocycles. The lowest BCUT2D eigenvalue weighted by Gasteiger charge is -2.12. The van der Waals surface area contributed by atoms with Gasteiger partial charge in [-0.15, -0.1) is 0 Å². The fourth-order valence-electron chi connectivity index (χ4n) is 3.57. The standard InChI is InChI=1S/C24H17N/c1-2-9-19(10-3-1)24-17-21-12-6-7-13-23(21)25(24)22-15-14-18-8-4-5-11-20(18)16-22/h1-17H. The minimum atomic E-state index is 1.19. The fraction of sp³-hybridized carbons (Fsp3) is 0. The lowest BCUT2D eigenvalue weighted by Crippen LogP contribution is -1.96. The second kappa shape index (κ2) is 5.64. The number of rotatable bonds is 2. The van der Waals surface area contributed by atoms with Crippen LogP contribution in [0.1, 0.15) is 0 Å². The van der Waals surface area contributed by atoms with Gasteiger partial charge in [-0.2, -0.15) is 0 Å². The molecule has 0 fully saturated rings. The predicted molar refractivity (Wildman–Crippen MR) is 106 cm³/mol. The average Bonchev–Trinajstić information content (AvgIpc) is 3.08. The van der Waals surface area contributed by atoms with E-state index in [-0.39, 0.29) is 0 Å². The number of hydrogen-bond donors (Lipinski definition) is 0. The van der Waals surface area contributed by atoms with E-state index in [2.05, 4.69) is 108 Å². The first-order valence-corrected chi connectivity index (χ1v) is 8.55. The first kappa shape index (κ1) is 14.1. The zero-order valence-electron chi connectivity index (χ0n) is 13.8. The van der Waals surface area contributed by atoms with Crippen LogP contribution in [0.5, 0.6) is 0 Å². The molecular weight excluding hydrogens is 302 g/mol. The number of benzene rings is 4. The Balaban J connectivity index is 1.84. The van der Waals surface area contributed by atoms with Crippen molar-refractivity contribution in [3.8, 4) is 16.9 Å². The largest absolute Gasteiger partial charge is 0.309 e. The van der Waals surface area contributed by atoms with Crippen molar-refractivity contribution in [3.05, 3.63) is 103 Å². The Morgan fingerprint density at radius 1 is 0.480 bits per heavy atom. The van der Waals surface area contributed by atoms with E-state index in [4.69, 9.17) is 0 Å². The molecule has 0 aliphatic heterocycles. The molecule has 0 aliphatic carbocycles. The molecule has 1 heterocycles. The second-order valence-corrected chi connectivity index (χ2v) is 6.32. The van der Waals surface area contributed by atoms with Crippen molar-refractivity contribution in [1.82, 2.24) is 4.57 Å². The van der Waals surface area contributed by atoms with Crippen LogP contribution < -0.4 is 0 Å². The van der Waals surface area contributed by atoms with Crippen LogP contribution in [0.4, 0.5) is 0 Å². The Morgan fingerprint density at radius 3 is 2.00 bits per heavy atom. The van der Waals surface area contributed by atoms with Gasteiger partial charge in [-0.3, -0.25) is 0 Å². The van der Waals surface area contributed by atoms with E-state index in [1.165, 1.54) is 38.6 Å². The Kier molecular flexibility index (Phi) is 3.17. The van der Waals surface area contributed by atoms with E-state index < -0.39 is 0 Å². The summed E-state index contributed by atoms with van der Waals surface area (Å²) in [6.07, 6.45) is 0. The number of aromatic nitrogens is 1. The monoisotopic (exact) mass is 319 g/mol. The highest BCUT2D eigenvalue weighted by atomic mass is 15.0. The summed E-state index contributed by atoms with van der Waals surface area (Å²) in [6.45, 7) is 0. The van der Waals surface area contributed by atoms with E-state index in [1.807, 2.05) is 0 Å². The molecule has 0 saturated heterocycles. The van der Waals surface area contributed by atoms with Crippen LogP contribution in [-0.4, -0.2) is 4.57 Å². The van der Waals surface area contributed by atoms with Crippen molar-refractivity contribution >= 4 is 21.7 Å². The Bertz CT molecular complexity index is 1180. The van der Waals surface area contributed by atoms with Crippen molar-refractivity contribution in [1.29, 1.82) is 0 Å². The molecule has 0 N–H and O–H groups in total. The molecule has 0 unspecified atom stereocenters. The van der Waals surface area contributed by atoms with Crippen molar-refractivity contribution in [2.75, 3.05) is 0 Å². The van der Waals surface area contributed by atoms with E-state index in [9.17, 15) is 0 Å². The summed E-state index contributed by atoms with van der Waals surface area (Å²) in [5, 5.41) is 3.79. The Labute approximate surface area is 146 Å². The highest BCUT2D eigenvalue weighted by molar-refractivity contribution is 5.91. The van der Waals surface area contributed by atoms with Gasteiger partial charge in [-0.05, 0) is 40.6 Å². The van der Waals surface area contributed by atoms with E-state index in [0.29, 0.717) is 0 Å². The quantitative estimate of drug-likeness (QED) is 0.352. The van der Waals surface area contributed by atoms with Gasteiger partial charge in [0.25, 0.3) is 0 Å². The van der Waals surface area contributed by atoms with Crippen LogP contribution in [0, 0.1) is 0 Å². The summed E-state index contributed by atoms with van der Waals surface area (Å²) in [4.78, 5) is 0. The van der Waals surface area contributed by atoms with Gasteiger partial charge in [0.05, 0.1) is 11.2 Å². The van der Waals surface area contributed by atoms with Crippen LogP contribution in [-0.2, 0) is 0 Å². The van der Waals surface area contributed by atoms with Crippen LogP contribution in [0.2, 0.25) is 0 Å². The van der Waals surface area contributed by atoms with Crippen molar-refractivity contribution in [2.24, 2.45) is 0 Å². The van der Waals surface area contributed by atoms with Gasteiger partial charge in [-0.25, -0.2) is 0 Å². The number of hydrogen-bond acceptors (Lipinski definition) is 0. The average molecular weight is 319 g/mol. The predicted octanol–water partition coefficient (Wildman–Crippen LogP) is 6.45. The normalized spacial score (nSPS) is 11.2. The molecule has 1 heteroatoms. The number of nitrogens with zero attached hydrogens (tertiary/aromatic N) is 1. The SMILES string of the molecule is c1ccc(-c2cc3ccccc3n2-c2ccc3ccccc3c2)cc1. The van der Waals surface area contributed by atoms with Crippen LogP contribution in [0.15, 0.2) is 103 Å². The van der Waals surface area contributed by atoms with Crippen molar-refractivity contribution in [2.45, 2.75) is 0 Å². The molecule has 118 valence electrons. The minimum absolute atomic E-state index is 1.19. The Morgan fingerprint density at radius 2 is 1.16 bits per heavy atom. The third-order valence-electron chi connectivity index (χ3n) is 4.77. The third-order valence-corrected chi connectivity index (χ3v) is 4.77.